The molecule has 0 aliphatic rings. The van der Waals surface area contributed by atoms with Crippen LogP contribution in [0.1, 0.15) is 33.4 Å². The summed E-state index contributed by atoms with van der Waals surface area (Å²) >= 11 is 0. The van der Waals surface area contributed by atoms with Crippen molar-refractivity contribution in [1.29, 1.82) is 0 Å². The summed E-state index contributed by atoms with van der Waals surface area (Å²) in [5.74, 6) is 0.801. The van der Waals surface area contributed by atoms with Crippen LogP contribution in [0, 0.1) is 6.92 Å². The number of anilines is 3. The van der Waals surface area contributed by atoms with Gasteiger partial charge in [0.2, 0.25) is 0 Å². The molecule has 5 aromatic rings. The lowest BCUT2D eigenvalue weighted by atomic mass is 9.94. The van der Waals surface area contributed by atoms with Crippen LogP contribution in [0.4, 0.5) is 17.1 Å². The molecule has 0 aliphatic heterocycles. The Bertz CT molecular complexity index is 1510. The molecule has 4 nitrogen and oxygen atoms in total. The molecule has 0 bridgehead atoms. The van der Waals surface area contributed by atoms with Crippen molar-refractivity contribution in [3.05, 3.63) is 155 Å². The predicted octanol–water partition coefficient (Wildman–Crippen LogP) is 8.05. The molecule has 0 fully saturated rings. The van der Waals surface area contributed by atoms with Crippen LogP contribution in [0.15, 0.2) is 121 Å². The Morgan fingerprint density at radius 3 is 1.50 bits per heavy atom. The van der Waals surface area contributed by atoms with E-state index in [9.17, 15) is 10.2 Å². The van der Waals surface area contributed by atoms with Crippen LogP contribution in [-0.2, 0) is 13.2 Å². The molecule has 40 heavy (non-hydrogen) atoms. The molecule has 2 N–H and O–H groups in total. The van der Waals surface area contributed by atoms with Crippen molar-refractivity contribution < 1.29 is 14.9 Å². The number of rotatable bonds is 9. The van der Waals surface area contributed by atoms with E-state index in [1.54, 1.807) is 7.11 Å². The van der Waals surface area contributed by atoms with E-state index in [2.05, 4.69) is 78.6 Å². The summed E-state index contributed by atoms with van der Waals surface area (Å²) in [5, 5.41) is 19.0. The molecule has 0 heterocycles. The average molecular weight is 528 g/mol. The van der Waals surface area contributed by atoms with E-state index >= 15 is 0 Å². The number of ether oxygens (including phenoxy) is 1. The third-order valence-electron chi connectivity index (χ3n) is 6.98. The van der Waals surface area contributed by atoms with Crippen LogP contribution in [-0.4, -0.2) is 17.3 Å². The summed E-state index contributed by atoms with van der Waals surface area (Å²) < 4.78 is 5.37. The molecule has 0 aromatic heterocycles. The van der Waals surface area contributed by atoms with Gasteiger partial charge in [-0.1, -0.05) is 78.4 Å². The zero-order valence-corrected chi connectivity index (χ0v) is 22.8. The van der Waals surface area contributed by atoms with Crippen molar-refractivity contribution >= 4 is 28.7 Å². The molecule has 5 aromatic carbocycles. The summed E-state index contributed by atoms with van der Waals surface area (Å²) in [4.78, 5) is 2.18. The molecule has 0 aliphatic carbocycles. The highest BCUT2D eigenvalue weighted by Gasteiger charge is 2.13. The first-order chi connectivity index (χ1) is 19.6. The Balaban J connectivity index is 1.54. The Morgan fingerprint density at radius 2 is 1.02 bits per heavy atom. The molecular formula is C36H33NO3. The standard InChI is InChI=1S/C36H33NO3/c1-26-3-11-30(12-4-26)36(31-13-5-28(24-38)6-14-31)23-27-7-15-32(16-8-27)37(33-17-9-29(25-39)10-18-33)34-19-21-35(40-2)22-20-34/h3-23,38-39H,24-25H2,1-2H3/b36-23+. The number of aliphatic hydroxyl groups is 2. The molecule has 0 spiro atoms. The molecule has 5 rings (SSSR count). The highest BCUT2D eigenvalue weighted by Crippen LogP contribution is 2.36. The number of hydrogen-bond donors (Lipinski definition) is 2. The first-order valence-corrected chi connectivity index (χ1v) is 13.3. The quantitative estimate of drug-likeness (QED) is 0.190. The molecular weight excluding hydrogens is 494 g/mol. The predicted molar refractivity (Wildman–Crippen MR) is 164 cm³/mol. The van der Waals surface area contributed by atoms with Crippen molar-refractivity contribution in [2.45, 2.75) is 20.1 Å². The van der Waals surface area contributed by atoms with Crippen LogP contribution in [0.2, 0.25) is 0 Å². The molecule has 0 saturated carbocycles. The zero-order chi connectivity index (χ0) is 27.9. The molecule has 0 saturated heterocycles. The van der Waals surface area contributed by atoms with Gasteiger partial charge in [-0.25, -0.2) is 0 Å². The summed E-state index contributed by atoms with van der Waals surface area (Å²) in [5.41, 5.74) is 10.4. The van der Waals surface area contributed by atoms with E-state index in [1.807, 2.05) is 60.7 Å². The second-order valence-electron chi connectivity index (χ2n) is 9.73. The topological polar surface area (TPSA) is 52.9 Å². The second-order valence-corrected chi connectivity index (χ2v) is 9.73. The highest BCUT2D eigenvalue weighted by atomic mass is 16.5. The third-order valence-corrected chi connectivity index (χ3v) is 6.98. The summed E-state index contributed by atoms with van der Waals surface area (Å²) in [6.45, 7) is 2.13. The van der Waals surface area contributed by atoms with Gasteiger partial charge in [-0.3, -0.25) is 0 Å². The van der Waals surface area contributed by atoms with Crippen LogP contribution in [0.25, 0.3) is 11.6 Å². The lowest BCUT2D eigenvalue weighted by Crippen LogP contribution is -2.10. The molecule has 0 amide bonds. The number of hydrogen-bond acceptors (Lipinski definition) is 4. The van der Waals surface area contributed by atoms with Crippen molar-refractivity contribution in [3.63, 3.8) is 0 Å². The number of nitrogens with zero attached hydrogens (tertiary/aromatic N) is 1. The zero-order valence-electron chi connectivity index (χ0n) is 22.8. The maximum atomic E-state index is 9.52. The van der Waals surface area contributed by atoms with Gasteiger partial charge in [0.25, 0.3) is 0 Å². The largest absolute Gasteiger partial charge is 0.497 e. The number of aryl methyl sites for hydroxylation is 1. The van der Waals surface area contributed by atoms with Gasteiger partial charge in [0.05, 0.1) is 20.3 Å². The third kappa shape index (κ3) is 6.15. The normalized spacial score (nSPS) is 11.3. The lowest BCUT2D eigenvalue weighted by Gasteiger charge is -2.26. The number of methoxy groups -OCH3 is 1. The van der Waals surface area contributed by atoms with Crippen molar-refractivity contribution in [1.82, 2.24) is 0 Å². The molecule has 0 radical (unpaired) electrons. The first-order valence-electron chi connectivity index (χ1n) is 13.3. The minimum absolute atomic E-state index is 0.00981. The van der Waals surface area contributed by atoms with Gasteiger partial charge in [0.15, 0.2) is 0 Å². The minimum atomic E-state index is 0.00981. The van der Waals surface area contributed by atoms with Gasteiger partial charge in [-0.2, -0.15) is 0 Å². The van der Waals surface area contributed by atoms with E-state index in [-0.39, 0.29) is 13.2 Å². The van der Waals surface area contributed by atoms with Gasteiger partial charge in [-0.15, -0.1) is 0 Å². The second kappa shape index (κ2) is 12.5. The van der Waals surface area contributed by atoms with E-state index in [0.717, 1.165) is 56.2 Å². The molecule has 0 atom stereocenters. The number of aliphatic hydroxyl groups excluding tert-OH is 2. The molecule has 4 heteroatoms. The van der Waals surface area contributed by atoms with E-state index < -0.39 is 0 Å². The van der Waals surface area contributed by atoms with Crippen molar-refractivity contribution in [3.8, 4) is 5.75 Å². The van der Waals surface area contributed by atoms with Crippen molar-refractivity contribution in [2.24, 2.45) is 0 Å². The Morgan fingerprint density at radius 1 is 0.600 bits per heavy atom. The first kappa shape index (κ1) is 26.9. The van der Waals surface area contributed by atoms with Crippen LogP contribution in [0.5, 0.6) is 5.75 Å². The Labute approximate surface area is 236 Å². The fourth-order valence-corrected chi connectivity index (χ4v) is 4.67. The monoisotopic (exact) mass is 527 g/mol. The lowest BCUT2D eigenvalue weighted by molar-refractivity contribution is 0.281. The Kier molecular flexibility index (Phi) is 8.41. The number of benzene rings is 5. The van der Waals surface area contributed by atoms with E-state index in [0.29, 0.717) is 0 Å². The van der Waals surface area contributed by atoms with Gasteiger partial charge in [0, 0.05) is 17.1 Å². The van der Waals surface area contributed by atoms with Gasteiger partial charge in [-0.05, 0) is 94.9 Å². The smallest absolute Gasteiger partial charge is 0.119 e. The summed E-state index contributed by atoms with van der Waals surface area (Å²) in [7, 11) is 1.67. The maximum absolute atomic E-state index is 9.52. The maximum Gasteiger partial charge on any atom is 0.119 e. The van der Waals surface area contributed by atoms with Gasteiger partial charge < -0.3 is 19.8 Å². The fourth-order valence-electron chi connectivity index (χ4n) is 4.67. The minimum Gasteiger partial charge on any atom is -0.497 e. The van der Waals surface area contributed by atoms with Crippen LogP contribution >= 0.6 is 0 Å². The summed E-state index contributed by atoms with van der Waals surface area (Å²) in [6.07, 6.45) is 2.20. The van der Waals surface area contributed by atoms with Gasteiger partial charge in [0.1, 0.15) is 5.75 Å². The SMILES string of the molecule is COc1ccc(N(c2ccc(/C=C(\c3ccc(C)cc3)c3ccc(CO)cc3)cc2)c2ccc(CO)cc2)cc1. The molecule has 0 unspecified atom stereocenters. The summed E-state index contributed by atoms with van der Waals surface area (Å²) in [6, 6.07) is 41.0. The van der Waals surface area contributed by atoms with E-state index in [1.165, 1.54) is 5.56 Å². The van der Waals surface area contributed by atoms with Crippen LogP contribution < -0.4 is 9.64 Å². The fraction of sp³-hybridized carbons (Fsp3) is 0.111. The average Bonchev–Trinajstić information content (AvgIpc) is 3.02. The molecule has 200 valence electrons. The highest BCUT2D eigenvalue weighted by molar-refractivity contribution is 5.92. The van der Waals surface area contributed by atoms with Crippen molar-refractivity contribution in [2.75, 3.05) is 12.0 Å². The van der Waals surface area contributed by atoms with E-state index in [4.69, 9.17) is 4.74 Å². The van der Waals surface area contributed by atoms with Gasteiger partial charge >= 0.3 is 0 Å². The Hall–Kier alpha value is -4.64. The van der Waals surface area contributed by atoms with Crippen LogP contribution in [0.3, 0.4) is 0 Å².